The standard InChI is InChI=1S/C29H28FN5O2/c1-2-27(36)33-23-7-3-5-19(15-23)25-8-4-6-20-18-32-29(35-28(20)25)34-22-9-11-24(12-10-22)37-26-13-14-31-17-21(26)16-30/h2-12,15,18,21,26,31H,1,13-14,16-17H2,(H,33,36)(H,32,34,35). The van der Waals surface area contributed by atoms with Gasteiger partial charge in [0.25, 0.3) is 0 Å². The van der Waals surface area contributed by atoms with E-state index in [9.17, 15) is 9.18 Å². The van der Waals surface area contributed by atoms with Crippen LogP contribution in [-0.4, -0.2) is 41.7 Å². The quantitative estimate of drug-likeness (QED) is 0.279. The molecule has 1 aromatic heterocycles. The highest BCUT2D eigenvalue weighted by Gasteiger charge is 2.26. The van der Waals surface area contributed by atoms with E-state index in [0.29, 0.717) is 23.9 Å². The maximum atomic E-state index is 13.3. The molecule has 1 fully saturated rings. The molecule has 4 aromatic rings. The van der Waals surface area contributed by atoms with Crippen molar-refractivity contribution in [1.82, 2.24) is 15.3 Å². The Morgan fingerprint density at radius 2 is 1.97 bits per heavy atom. The largest absolute Gasteiger partial charge is 0.490 e. The third-order valence-corrected chi connectivity index (χ3v) is 6.37. The molecule has 0 spiro atoms. The Bertz CT molecular complexity index is 1410. The SMILES string of the molecule is C=CC(=O)Nc1cccc(-c2cccc3cnc(Nc4ccc(OC5CCNCC5CF)cc4)nc23)c1. The van der Waals surface area contributed by atoms with Crippen molar-refractivity contribution in [2.75, 3.05) is 30.4 Å². The fourth-order valence-corrected chi connectivity index (χ4v) is 4.44. The van der Waals surface area contributed by atoms with Crippen molar-refractivity contribution in [2.45, 2.75) is 12.5 Å². The van der Waals surface area contributed by atoms with Crippen LogP contribution < -0.4 is 20.7 Å². The molecular weight excluding hydrogens is 469 g/mol. The van der Waals surface area contributed by atoms with E-state index in [1.807, 2.05) is 66.7 Å². The van der Waals surface area contributed by atoms with Crippen LogP contribution in [0.4, 0.5) is 21.7 Å². The minimum atomic E-state index is -0.396. The van der Waals surface area contributed by atoms with E-state index in [0.717, 1.165) is 40.7 Å². The number of aromatic nitrogens is 2. The summed E-state index contributed by atoms with van der Waals surface area (Å²) in [5.74, 6) is 0.769. The Morgan fingerprint density at radius 1 is 1.14 bits per heavy atom. The first-order valence-electron chi connectivity index (χ1n) is 12.2. The van der Waals surface area contributed by atoms with Gasteiger partial charge in [-0.2, -0.15) is 0 Å². The Morgan fingerprint density at radius 3 is 2.78 bits per heavy atom. The number of piperidine rings is 1. The van der Waals surface area contributed by atoms with Crippen LogP contribution in [0, 0.1) is 5.92 Å². The number of hydrogen-bond acceptors (Lipinski definition) is 6. The summed E-state index contributed by atoms with van der Waals surface area (Å²) in [6, 6.07) is 21.0. The smallest absolute Gasteiger partial charge is 0.247 e. The minimum absolute atomic E-state index is 0.129. The van der Waals surface area contributed by atoms with Gasteiger partial charge in [0.2, 0.25) is 11.9 Å². The third kappa shape index (κ3) is 5.76. The van der Waals surface area contributed by atoms with Crippen LogP contribution in [0.15, 0.2) is 85.6 Å². The Kier molecular flexibility index (Phi) is 7.37. The highest BCUT2D eigenvalue weighted by molar-refractivity contribution is 6.00. The number of fused-ring (bicyclic) bond motifs is 1. The van der Waals surface area contributed by atoms with Crippen LogP contribution >= 0.6 is 0 Å². The lowest BCUT2D eigenvalue weighted by Gasteiger charge is -2.30. The van der Waals surface area contributed by atoms with Gasteiger partial charge in [0.1, 0.15) is 11.9 Å². The number of amides is 1. The molecule has 2 heterocycles. The van der Waals surface area contributed by atoms with Crippen LogP contribution in [0.3, 0.4) is 0 Å². The summed E-state index contributed by atoms with van der Waals surface area (Å²) in [7, 11) is 0. The first kappa shape index (κ1) is 24.4. The Balaban J connectivity index is 1.35. The molecule has 1 saturated heterocycles. The Labute approximate surface area is 214 Å². The average molecular weight is 498 g/mol. The molecule has 3 aromatic carbocycles. The predicted octanol–water partition coefficient (Wildman–Crippen LogP) is 5.49. The topological polar surface area (TPSA) is 88.2 Å². The number of nitrogens with one attached hydrogen (secondary N) is 3. The third-order valence-electron chi connectivity index (χ3n) is 6.37. The van der Waals surface area contributed by atoms with Gasteiger partial charge < -0.3 is 20.7 Å². The summed E-state index contributed by atoms with van der Waals surface area (Å²) in [5.41, 5.74) is 4.12. The summed E-state index contributed by atoms with van der Waals surface area (Å²) < 4.78 is 19.4. The second kappa shape index (κ2) is 11.2. The molecule has 37 heavy (non-hydrogen) atoms. The lowest BCUT2D eigenvalue weighted by molar-refractivity contribution is -0.111. The second-order valence-electron chi connectivity index (χ2n) is 8.92. The van der Waals surface area contributed by atoms with E-state index in [1.54, 1.807) is 6.20 Å². The Hall–Kier alpha value is -4.30. The molecule has 0 radical (unpaired) electrons. The molecule has 2 atom stereocenters. The molecule has 0 aliphatic carbocycles. The van der Waals surface area contributed by atoms with Gasteiger partial charge >= 0.3 is 0 Å². The van der Waals surface area contributed by atoms with Gasteiger partial charge in [-0.25, -0.2) is 9.97 Å². The molecule has 7 nitrogen and oxygen atoms in total. The molecule has 188 valence electrons. The monoisotopic (exact) mass is 497 g/mol. The van der Waals surface area contributed by atoms with Gasteiger partial charge in [-0.3, -0.25) is 9.18 Å². The van der Waals surface area contributed by atoms with Gasteiger partial charge in [-0.1, -0.05) is 36.9 Å². The molecule has 5 rings (SSSR count). The number of rotatable bonds is 8. The number of anilines is 3. The number of para-hydroxylation sites is 1. The van der Waals surface area contributed by atoms with Crippen LogP contribution in [-0.2, 0) is 4.79 Å². The number of nitrogens with zero attached hydrogens (tertiary/aromatic N) is 2. The second-order valence-corrected chi connectivity index (χ2v) is 8.92. The number of carbonyl (C=O) groups is 1. The normalized spacial score (nSPS) is 17.2. The first-order valence-corrected chi connectivity index (χ1v) is 12.2. The van der Waals surface area contributed by atoms with Crippen molar-refractivity contribution in [3.63, 3.8) is 0 Å². The maximum absolute atomic E-state index is 13.3. The van der Waals surface area contributed by atoms with E-state index in [2.05, 4.69) is 27.5 Å². The molecule has 8 heteroatoms. The molecule has 1 amide bonds. The van der Waals surface area contributed by atoms with Gasteiger partial charge in [0, 0.05) is 41.0 Å². The highest BCUT2D eigenvalue weighted by atomic mass is 19.1. The van der Waals surface area contributed by atoms with Gasteiger partial charge in [-0.15, -0.1) is 0 Å². The van der Waals surface area contributed by atoms with Crippen molar-refractivity contribution >= 4 is 34.1 Å². The number of alkyl halides is 1. The van der Waals surface area contributed by atoms with Gasteiger partial charge in [0.05, 0.1) is 12.2 Å². The lowest BCUT2D eigenvalue weighted by atomic mass is 9.97. The lowest BCUT2D eigenvalue weighted by Crippen LogP contribution is -2.43. The minimum Gasteiger partial charge on any atom is -0.490 e. The van der Waals surface area contributed by atoms with Crippen molar-refractivity contribution in [1.29, 1.82) is 0 Å². The molecule has 3 N–H and O–H groups in total. The molecule has 1 aliphatic heterocycles. The highest BCUT2D eigenvalue weighted by Crippen LogP contribution is 2.30. The predicted molar refractivity (Wildman–Crippen MR) is 145 cm³/mol. The van der Waals surface area contributed by atoms with Crippen LogP contribution in [0.1, 0.15) is 6.42 Å². The molecular formula is C29H28FN5O2. The first-order chi connectivity index (χ1) is 18.1. The fourth-order valence-electron chi connectivity index (χ4n) is 4.44. The zero-order valence-electron chi connectivity index (χ0n) is 20.3. The number of halogens is 1. The van der Waals surface area contributed by atoms with Crippen molar-refractivity contribution < 1.29 is 13.9 Å². The van der Waals surface area contributed by atoms with Gasteiger partial charge in [-0.05, 0) is 61.0 Å². The van der Waals surface area contributed by atoms with E-state index < -0.39 is 6.67 Å². The van der Waals surface area contributed by atoms with Gasteiger partial charge in [0.15, 0.2) is 0 Å². The molecule has 2 unspecified atom stereocenters. The van der Waals surface area contributed by atoms with Crippen molar-refractivity contribution in [2.24, 2.45) is 5.92 Å². The fraction of sp³-hybridized carbons (Fsp3) is 0.207. The summed E-state index contributed by atoms with van der Waals surface area (Å²) in [5, 5.41) is 10.2. The van der Waals surface area contributed by atoms with E-state index in [-0.39, 0.29) is 17.9 Å². The number of ether oxygens (including phenoxy) is 1. The van der Waals surface area contributed by atoms with Crippen LogP contribution in [0.2, 0.25) is 0 Å². The number of benzene rings is 3. The van der Waals surface area contributed by atoms with E-state index in [4.69, 9.17) is 9.72 Å². The van der Waals surface area contributed by atoms with Crippen LogP contribution in [0.25, 0.3) is 22.0 Å². The zero-order chi connectivity index (χ0) is 25.6. The zero-order valence-corrected chi connectivity index (χ0v) is 20.3. The summed E-state index contributed by atoms with van der Waals surface area (Å²) in [4.78, 5) is 21.0. The van der Waals surface area contributed by atoms with E-state index in [1.165, 1.54) is 6.08 Å². The van der Waals surface area contributed by atoms with Crippen molar-refractivity contribution in [3.05, 3.63) is 85.6 Å². The summed E-state index contributed by atoms with van der Waals surface area (Å²) in [6.45, 7) is 4.57. The number of hydrogen-bond donors (Lipinski definition) is 3. The maximum Gasteiger partial charge on any atom is 0.247 e. The molecule has 0 saturated carbocycles. The van der Waals surface area contributed by atoms with Crippen LogP contribution in [0.5, 0.6) is 5.75 Å². The molecule has 0 bridgehead atoms. The van der Waals surface area contributed by atoms with Crippen molar-refractivity contribution in [3.8, 4) is 16.9 Å². The van der Waals surface area contributed by atoms with E-state index >= 15 is 0 Å². The molecule has 1 aliphatic rings. The average Bonchev–Trinajstić information content (AvgIpc) is 2.94. The number of carbonyl (C=O) groups excluding carboxylic acids is 1. The summed E-state index contributed by atoms with van der Waals surface area (Å²) in [6.07, 6.45) is 3.67. The summed E-state index contributed by atoms with van der Waals surface area (Å²) >= 11 is 0.